The predicted molar refractivity (Wildman–Crippen MR) is 69.5 cm³/mol. The normalized spacial score (nSPS) is 12.1. The number of rotatable bonds is 6. The maximum absolute atomic E-state index is 11.5. The van der Waals surface area contributed by atoms with Gasteiger partial charge < -0.3 is 5.32 Å². The Bertz CT molecular complexity index is 158. The van der Waals surface area contributed by atoms with Crippen molar-refractivity contribution < 1.29 is 4.79 Å². The molecule has 0 saturated heterocycles. The highest BCUT2D eigenvalue weighted by Crippen LogP contribution is 2.08. The monoisotopic (exact) mass is 258 g/mol. The number of hydrogen-bond donors (Lipinski definition) is 2. The van der Waals surface area contributed by atoms with E-state index >= 15 is 0 Å². The van der Waals surface area contributed by atoms with Crippen molar-refractivity contribution in [3.8, 4) is 0 Å². The maximum atomic E-state index is 11.5. The molecule has 0 aromatic rings. The molecule has 1 amide bonds. The lowest BCUT2D eigenvalue weighted by Crippen LogP contribution is -2.41. The Hall–Kier alpha value is 0.420. The summed E-state index contributed by atoms with van der Waals surface area (Å²) in [5.74, 6) is 1.04. The van der Waals surface area contributed by atoms with Crippen molar-refractivity contribution in [2.75, 3.05) is 25.6 Å². The number of carbonyl (C=O) groups excluding carboxylic acids is 1. The van der Waals surface area contributed by atoms with Crippen molar-refractivity contribution in [1.82, 2.24) is 9.62 Å². The molecule has 0 heterocycles. The molecule has 0 bridgehead atoms. The molecule has 0 rings (SSSR count). The second kappa shape index (κ2) is 9.96. The summed E-state index contributed by atoms with van der Waals surface area (Å²) in [5, 5.41) is 2.80. The van der Waals surface area contributed by atoms with Crippen molar-refractivity contribution in [2.24, 2.45) is 0 Å². The van der Waals surface area contributed by atoms with Gasteiger partial charge in [0.2, 0.25) is 5.91 Å². The molecular formula is C8H19ClN2OS2. The molecule has 0 radical (unpaired) electrons. The van der Waals surface area contributed by atoms with E-state index < -0.39 is 0 Å². The van der Waals surface area contributed by atoms with Crippen LogP contribution in [0.1, 0.15) is 13.3 Å². The van der Waals surface area contributed by atoms with E-state index in [9.17, 15) is 4.79 Å². The fraction of sp³-hybridized carbons (Fsp3) is 0.875. The summed E-state index contributed by atoms with van der Waals surface area (Å²) in [6.07, 6.45) is 2.88. The van der Waals surface area contributed by atoms with Crippen LogP contribution in [-0.2, 0) is 4.79 Å². The Morgan fingerprint density at radius 1 is 1.64 bits per heavy atom. The SMILES string of the molecule is CCNC(=O)[C@H](CCSC)N(C)S.Cl. The van der Waals surface area contributed by atoms with Gasteiger partial charge in [-0.1, -0.05) is 12.8 Å². The summed E-state index contributed by atoms with van der Waals surface area (Å²) in [6, 6.07) is -0.115. The first-order valence-corrected chi connectivity index (χ1v) is 6.11. The summed E-state index contributed by atoms with van der Waals surface area (Å²) in [6.45, 7) is 2.60. The lowest BCUT2D eigenvalue weighted by molar-refractivity contribution is -0.124. The Morgan fingerprint density at radius 2 is 2.21 bits per heavy atom. The molecule has 0 fully saturated rings. The van der Waals surface area contributed by atoms with Crippen LogP contribution < -0.4 is 5.32 Å². The molecule has 86 valence electrons. The minimum Gasteiger partial charge on any atom is -0.355 e. The Labute approximate surface area is 102 Å². The second-order valence-electron chi connectivity index (χ2n) is 2.77. The van der Waals surface area contributed by atoms with E-state index in [1.54, 1.807) is 16.1 Å². The average Bonchev–Trinajstić information content (AvgIpc) is 2.05. The summed E-state index contributed by atoms with van der Waals surface area (Å²) >= 11 is 5.90. The van der Waals surface area contributed by atoms with Gasteiger partial charge in [0, 0.05) is 6.54 Å². The molecule has 0 unspecified atom stereocenters. The summed E-state index contributed by atoms with van der Waals surface area (Å²) in [4.78, 5) is 11.5. The fourth-order valence-electron chi connectivity index (χ4n) is 1.01. The van der Waals surface area contributed by atoms with E-state index in [2.05, 4.69) is 18.1 Å². The lowest BCUT2D eigenvalue weighted by Gasteiger charge is -2.21. The summed E-state index contributed by atoms with van der Waals surface area (Å²) in [5.41, 5.74) is 0. The van der Waals surface area contributed by atoms with Gasteiger partial charge in [-0.15, -0.1) is 12.4 Å². The third-order valence-electron chi connectivity index (χ3n) is 1.70. The van der Waals surface area contributed by atoms with Gasteiger partial charge in [0.15, 0.2) is 0 Å². The van der Waals surface area contributed by atoms with Gasteiger partial charge in [0.25, 0.3) is 0 Å². The molecule has 0 spiro atoms. The number of thioether (sulfide) groups is 1. The number of likely N-dealkylation sites (N-methyl/N-ethyl adjacent to an activating group) is 2. The molecule has 0 aromatic heterocycles. The first-order chi connectivity index (χ1) is 6.13. The number of hydrogen-bond acceptors (Lipinski definition) is 4. The number of amides is 1. The van der Waals surface area contributed by atoms with Crippen LogP contribution in [0.5, 0.6) is 0 Å². The zero-order valence-electron chi connectivity index (χ0n) is 8.82. The molecule has 1 N–H and O–H groups in total. The fourth-order valence-corrected chi connectivity index (χ4v) is 1.69. The zero-order valence-corrected chi connectivity index (χ0v) is 11.3. The lowest BCUT2D eigenvalue weighted by atomic mass is 10.2. The van der Waals surface area contributed by atoms with Gasteiger partial charge in [-0.25, -0.2) is 4.31 Å². The topological polar surface area (TPSA) is 32.3 Å². The molecule has 0 aliphatic carbocycles. The van der Waals surface area contributed by atoms with Crippen molar-refractivity contribution in [3.05, 3.63) is 0 Å². The quantitative estimate of drug-likeness (QED) is 0.708. The number of nitrogens with one attached hydrogen (secondary N) is 1. The van der Waals surface area contributed by atoms with Crippen LogP contribution in [-0.4, -0.2) is 41.9 Å². The van der Waals surface area contributed by atoms with Crippen LogP contribution in [0.15, 0.2) is 0 Å². The number of thiol groups is 1. The molecule has 0 aliphatic rings. The van der Waals surface area contributed by atoms with Gasteiger partial charge in [-0.3, -0.25) is 4.79 Å². The standard InChI is InChI=1S/C8H18N2OS2.ClH/c1-4-9-8(11)7(10(2)12)5-6-13-3;/h7,12H,4-6H2,1-3H3,(H,9,11);1H/t7-;/m0./s1. The molecule has 14 heavy (non-hydrogen) atoms. The van der Waals surface area contributed by atoms with E-state index in [4.69, 9.17) is 0 Å². The molecular weight excluding hydrogens is 240 g/mol. The number of carbonyl (C=O) groups is 1. The Kier molecular flexibility index (Phi) is 12.0. The molecule has 3 nitrogen and oxygen atoms in total. The van der Waals surface area contributed by atoms with E-state index in [0.29, 0.717) is 6.54 Å². The van der Waals surface area contributed by atoms with Crippen molar-refractivity contribution >= 4 is 42.9 Å². The summed E-state index contributed by atoms with van der Waals surface area (Å²) < 4.78 is 1.67. The van der Waals surface area contributed by atoms with Gasteiger partial charge in [-0.2, -0.15) is 11.8 Å². The highest BCUT2D eigenvalue weighted by Gasteiger charge is 2.19. The first kappa shape index (κ1) is 16.8. The van der Waals surface area contributed by atoms with E-state index in [1.807, 2.05) is 20.2 Å². The minimum atomic E-state index is -0.115. The highest BCUT2D eigenvalue weighted by molar-refractivity contribution is 7.98. The van der Waals surface area contributed by atoms with Crippen LogP contribution in [0, 0.1) is 0 Å². The minimum absolute atomic E-state index is 0. The molecule has 0 saturated carbocycles. The van der Waals surface area contributed by atoms with Crippen molar-refractivity contribution in [2.45, 2.75) is 19.4 Å². The van der Waals surface area contributed by atoms with E-state index in [-0.39, 0.29) is 24.4 Å². The average molecular weight is 259 g/mol. The third-order valence-corrected chi connectivity index (χ3v) is 2.62. The predicted octanol–water partition coefficient (Wildman–Crippen LogP) is 1.44. The van der Waals surface area contributed by atoms with Gasteiger partial charge >= 0.3 is 0 Å². The smallest absolute Gasteiger partial charge is 0.238 e. The van der Waals surface area contributed by atoms with Crippen LogP contribution in [0.3, 0.4) is 0 Å². The van der Waals surface area contributed by atoms with Crippen LogP contribution in [0.4, 0.5) is 0 Å². The second-order valence-corrected chi connectivity index (χ2v) is 4.38. The van der Waals surface area contributed by atoms with E-state index in [1.165, 1.54) is 0 Å². The zero-order chi connectivity index (χ0) is 10.3. The molecule has 6 heteroatoms. The van der Waals surface area contributed by atoms with E-state index in [0.717, 1.165) is 12.2 Å². The molecule has 0 aromatic carbocycles. The Morgan fingerprint density at radius 3 is 2.57 bits per heavy atom. The van der Waals surface area contributed by atoms with Crippen LogP contribution >= 0.6 is 37.0 Å². The number of halogens is 1. The van der Waals surface area contributed by atoms with Crippen molar-refractivity contribution in [1.29, 1.82) is 0 Å². The molecule has 0 aliphatic heterocycles. The molecule has 1 atom stereocenters. The Balaban J connectivity index is 0. The largest absolute Gasteiger partial charge is 0.355 e. The van der Waals surface area contributed by atoms with Crippen LogP contribution in [0.25, 0.3) is 0 Å². The maximum Gasteiger partial charge on any atom is 0.238 e. The third kappa shape index (κ3) is 6.81. The summed E-state index contributed by atoms with van der Waals surface area (Å²) in [7, 11) is 1.81. The highest BCUT2D eigenvalue weighted by atomic mass is 35.5. The van der Waals surface area contributed by atoms with Gasteiger partial charge in [0.05, 0.1) is 6.04 Å². The van der Waals surface area contributed by atoms with Gasteiger partial charge in [0.1, 0.15) is 0 Å². The number of nitrogens with zero attached hydrogens (tertiary/aromatic N) is 1. The van der Waals surface area contributed by atoms with Gasteiger partial charge in [-0.05, 0) is 32.4 Å². The van der Waals surface area contributed by atoms with Crippen molar-refractivity contribution in [3.63, 3.8) is 0 Å². The first-order valence-electron chi connectivity index (χ1n) is 4.31. The van der Waals surface area contributed by atoms with Crippen LogP contribution in [0.2, 0.25) is 0 Å².